The van der Waals surface area contributed by atoms with Gasteiger partial charge >= 0.3 is 0 Å². The molecule has 2 aromatic rings. The van der Waals surface area contributed by atoms with Crippen LogP contribution in [0, 0.1) is 6.92 Å². The number of halogens is 2. The first-order chi connectivity index (χ1) is 10.0. The van der Waals surface area contributed by atoms with Crippen molar-refractivity contribution in [1.29, 1.82) is 0 Å². The van der Waals surface area contributed by atoms with Crippen LogP contribution >= 0.6 is 11.8 Å². The number of benzene rings is 1. The quantitative estimate of drug-likeness (QED) is 0.826. The van der Waals surface area contributed by atoms with Crippen molar-refractivity contribution in [3.63, 3.8) is 0 Å². The Balaban J connectivity index is 2.17. The zero-order valence-corrected chi connectivity index (χ0v) is 12.9. The highest BCUT2D eigenvalue weighted by Crippen LogP contribution is 2.32. The number of nitrogens with zero attached hydrogens (tertiary/aromatic N) is 2. The molecular formula is C14H17F2N3OS. The molecular weight excluding hydrogens is 296 g/mol. The maximum Gasteiger partial charge on any atom is 0.288 e. The summed E-state index contributed by atoms with van der Waals surface area (Å²) in [6.45, 7) is 2.35. The molecule has 7 heteroatoms. The molecule has 0 radical (unpaired) electrons. The molecule has 1 N–H and O–H groups in total. The highest BCUT2D eigenvalue weighted by atomic mass is 32.2. The van der Waals surface area contributed by atoms with Crippen molar-refractivity contribution in [2.24, 2.45) is 7.05 Å². The van der Waals surface area contributed by atoms with E-state index in [2.05, 4.69) is 10.4 Å². The zero-order valence-electron chi connectivity index (χ0n) is 12.1. The van der Waals surface area contributed by atoms with Crippen LogP contribution in [0.25, 0.3) is 0 Å². The van der Waals surface area contributed by atoms with Gasteiger partial charge in [-0.2, -0.15) is 13.9 Å². The zero-order chi connectivity index (χ0) is 15.4. The van der Waals surface area contributed by atoms with Crippen molar-refractivity contribution in [2.75, 3.05) is 12.4 Å². The summed E-state index contributed by atoms with van der Waals surface area (Å²) in [7, 11) is 3.39. The van der Waals surface area contributed by atoms with E-state index in [9.17, 15) is 8.78 Å². The van der Waals surface area contributed by atoms with E-state index < -0.39 is 5.76 Å². The Kier molecular flexibility index (Phi) is 5.06. The van der Waals surface area contributed by atoms with Gasteiger partial charge in [-0.3, -0.25) is 0 Å². The van der Waals surface area contributed by atoms with E-state index in [4.69, 9.17) is 4.74 Å². The molecule has 1 heterocycles. The molecule has 0 atom stereocenters. The highest BCUT2D eigenvalue weighted by Gasteiger charge is 2.15. The maximum atomic E-state index is 12.6. The van der Waals surface area contributed by atoms with Crippen molar-refractivity contribution in [1.82, 2.24) is 9.78 Å². The largest absolute Gasteiger partial charge is 0.481 e. The topological polar surface area (TPSA) is 39.1 Å². The second-order valence-electron chi connectivity index (χ2n) is 4.43. The summed E-state index contributed by atoms with van der Waals surface area (Å²) in [6, 6.07) is 7.01. The first-order valence-electron chi connectivity index (χ1n) is 6.37. The van der Waals surface area contributed by atoms with Crippen LogP contribution in [0.4, 0.5) is 14.5 Å². The van der Waals surface area contributed by atoms with Crippen LogP contribution in [0.3, 0.4) is 0 Å². The number of nitrogens with one attached hydrogen (secondary N) is 1. The predicted molar refractivity (Wildman–Crippen MR) is 80.1 cm³/mol. The van der Waals surface area contributed by atoms with Gasteiger partial charge in [0, 0.05) is 24.2 Å². The third-order valence-corrected chi connectivity index (χ3v) is 3.83. The molecule has 114 valence electrons. The number of thioether (sulfide) groups is 1. The van der Waals surface area contributed by atoms with Gasteiger partial charge in [-0.15, -0.1) is 0 Å². The Labute approximate surface area is 126 Å². The monoisotopic (exact) mass is 313 g/mol. The van der Waals surface area contributed by atoms with Crippen molar-refractivity contribution < 1.29 is 13.5 Å². The maximum absolute atomic E-state index is 12.6. The number of para-hydroxylation sites is 1. The van der Waals surface area contributed by atoms with Gasteiger partial charge in [0.1, 0.15) is 0 Å². The van der Waals surface area contributed by atoms with Gasteiger partial charge in [0.2, 0.25) is 5.88 Å². The standard InChI is InChI=1S/C14H17F2N3OS/c1-9-10(13(20-3)19(2)18-9)8-17-11-6-4-5-7-12(11)21-14(15)16/h4-7,14,17H,8H2,1-3H3. The van der Waals surface area contributed by atoms with Crippen molar-refractivity contribution in [3.8, 4) is 5.88 Å². The lowest BCUT2D eigenvalue weighted by atomic mass is 10.2. The molecule has 4 nitrogen and oxygen atoms in total. The van der Waals surface area contributed by atoms with E-state index in [0.717, 1.165) is 11.3 Å². The van der Waals surface area contributed by atoms with Crippen LogP contribution in [0.2, 0.25) is 0 Å². The second kappa shape index (κ2) is 6.80. The second-order valence-corrected chi connectivity index (χ2v) is 5.46. The van der Waals surface area contributed by atoms with E-state index in [1.54, 1.807) is 37.0 Å². The molecule has 0 saturated carbocycles. The Morgan fingerprint density at radius 3 is 2.76 bits per heavy atom. The minimum Gasteiger partial charge on any atom is -0.481 e. The van der Waals surface area contributed by atoms with Gasteiger partial charge in [-0.25, -0.2) is 4.68 Å². The van der Waals surface area contributed by atoms with E-state index in [1.165, 1.54) is 0 Å². The summed E-state index contributed by atoms with van der Waals surface area (Å²) in [5.74, 6) is -1.78. The number of anilines is 1. The van der Waals surface area contributed by atoms with Crippen LogP contribution < -0.4 is 10.1 Å². The summed E-state index contributed by atoms with van der Waals surface area (Å²) in [5.41, 5.74) is 2.44. The number of ether oxygens (including phenoxy) is 1. The lowest BCUT2D eigenvalue weighted by Crippen LogP contribution is -2.04. The average molecular weight is 313 g/mol. The van der Waals surface area contributed by atoms with Crippen LogP contribution in [0.1, 0.15) is 11.3 Å². The van der Waals surface area contributed by atoms with Crippen molar-refractivity contribution in [3.05, 3.63) is 35.5 Å². The Bertz CT molecular complexity index is 616. The summed E-state index contributed by atoms with van der Waals surface area (Å²) >= 11 is 0.532. The highest BCUT2D eigenvalue weighted by molar-refractivity contribution is 7.99. The third-order valence-electron chi connectivity index (χ3n) is 3.04. The van der Waals surface area contributed by atoms with E-state index in [1.807, 2.05) is 13.0 Å². The molecule has 0 aliphatic rings. The van der Waals surface area contributed by atoms with Gasteiger partial charge in [0.05, 0.1) is 18.4 Å². The summed E-state index contributed by atoms with van der Waals surface area (Å²) < 4.78 is 32.1. The van der Waals surface area contributed by atoms with E-state index in [0.29, 0.717) is 34.8 Å². The van der Waals surface area contributed by atoms with Gasteiger partial charge in [-0.1, -0.05) is 23.9 Å². The number of aryl methyl sites for hydroxylation is 2. The number of aromatic nitrogens is 2. The first-order valence-corrected chi connectivity index (χ1v) is 7.25. The Hall–Kier alpha value is -1.76. The molecule has 1 aromatic heterocycles. The number of hydrogen-bond acceptors (Lipinski definition) is 4. The summed E-state index contributed by atoms with van der Waals surface area (Å²) in [6.07, 6.45) is 0. The van der Waals surface area contributed by atoms with Gasteiger partial charge in [0.25, 0.3) is 5.76 Å². The van der Waals surface area contributed by atoms with E-state index in [-0.39, 0.29) is 0 Å². The fraction of sp³-hybridized carbons (Fsp3) is 0.357. The lowest BCUT2D eigenvalue weighted by Gasteiger charge is -2.12. The molecule has 0 fully saturated rings. The number of rotatable bonds is 6. The minimum atomic E-state index is -2.44. The van der Waals surface area contributed by atoms with Gasteiger partial charge in [0.15, 0.2) is 0 Å². The first kappa shape index (κ1) is 15.6. The van der Waals surface area contributed by atoms with Crippen molar-refractivity contribution in [2.45, 2.75) is 24.1 Å². The lowest BCUT2D eigenvalue weighted by molar-refractivity contribution is 0.252. The van der Waals surface area contributed by atoms with Crippen molar-refractivity contribution >= 4 is 17.4 Å². The van der Waals surface area contributed by atoms with Gasteiger partial charge < -0.3 is 10.1 Å². The molecule has 0 aliphatic carbocycles. The number of methoxy groups -OCH3 is 1. The summed E-state index contributed by atoms with van der Waals surface area (Å²) in [5, 5.41) is 7.47. The predicted octanol–water partition coefficient (Wildman–Crippen LogP) is 3.66. The molecule has 0 amide bonds. The fourth-order valence-corrected chi connectivity index (χ4v) is 2.75. The smallest absolute Gasteiger partial charge is 0.288 e. The Morgan fingerprint density at radius 2 is 2.10 bits per heavy atom. The molecule has 21 heavy (non-hydrogen) atoms. The average Bonchev–Trinajstić information content (AvgIpc) is 2.70. The number of hydrogen-bond donors (Lipinski definition) is 1. The molecule has 0 unspecified atom stereocenters. The molecule has 0 saturated heterocycles. The normalized spacial score (nSPS) is 11.0. The summed E-state index contributed by atoms with van der Waals surface area (Å²) in [4.78, 5) is 0.521. The molecule has 1 aromatic carbocycles. The molecule has 2 rings (SSSR count). The molecule has 0 bridgehead atoms. The minimum absolute atomic E-state index is 0.462. The SMILES string of the molecule is COc1c(CNc2ccccc2SC(F)F)c(C)nn1C. The van der Waals surface area contributed by atoms with Crippen LogP contribution in [-0.2, 0) is 13.6 Å². The Morgan fingerprint density at radius 1 is 1.38 bits per heavy atom. The van der Waals surface area contributed by atoms with Crippen LogP contribution in [0.5, 0.6) is 5.88 Å². The fourth-order valence-electron chi connectivity index (χ4n) is 2.13. The van der Waals surface area contributed by atoms with Crippen LogP contribution in [-0.4, -0.2) is 22.6 Å². The van der Waals surface area contributed by atoms with Crippen LogP contribution in [0.15, 0.2) is 29.2 Å². The molecule has 0 spiro atoms. The molecule has 0 aliphatic heterocycles. The number of alkyl halides is 2. The van der Waals surface area contributed by atoms with Gasteiger partial charge in [-0.05, 0) is 19.1 Å². The third kappa shape index (κ3) is 3.66. The van der Waals surface area contributed by atoms with E-state index >= 15 is 0 Å².